The van der Waals surface area contributed by atoms with Gasteiger partial charge in [-0.25, -0.2) is 0 Å². The maximum Gasteiger partial charge on any atom is 0.238 e. The molecule has 0 spiro atoms. The molecule has 0 aromatic heterocycles. The predicted octanol–water partition coefficient (Wildman–Crippen LogP) is 3.24. The first-order valence-corrected chi connectivity index (χ1v) is 8.50. The Morgan fingerprint density at radius 2 is 1.79 bits per heavy atom. The molecule has 0 aliphatic carbocycles. The molecule has 1 amide bonds. The lowest BCUT2D eigenvalue weighted by atomic mass is 9.95. The quantitative estimate of drug-likeness (QED) is 0.813. The molecule has 6 heteroatoms. The van der Waals surface area contributed by atoms with Gasteiger partial charge in [0.25, 0.3) is 0 Å². The predicted molar refractivity (Wildman–Crippen MR) is 104 cm³/mol. The van der Waals surface area contributed by atoms with E-state index in [1.807, 2.05) is 42.5 Å². The summed E-state index contributed by atoms with van der Waals surface area (Å²) in [6.07, 6.45) is 0. The second-order valence-electron chi connectivity index (χ2n) is 5.90. The molecule has 2 aromatic carbocycles. The van der Waals surface area contributed by atoms with Gasteiger partial charge in [0.1, 0.15) is 0 Å². The molecule has 3 N–H and O–H groups in total. The summed E-state index contributed by atoms with van der Waals surface area (Å²) in [6, 6.07) is 18.0. The zero-order valence-electron chi connectivity index (χ0n) is 13.2. The summed E-state index contributed by atoms with van der Waals surface area (Å²) < 4.78 is 0.883. The standard InChI is InChI=1S/C18H20BrN3O.ClH/c19-15-8-4-5-9-17(15)21-18(23)12-22-10-14(16(20)11-22)13-6-2-1-3-7-13;/h1-9,14,16H,10-12,20H2,(H,21,23);1H/t14-,16+;/m0./s1. The molecular weight excluding hydrogens is 390 g/mol. The number of rotatable bonds is 4. The van der Waals surface area contributed by atoms with Crippen molar-refractivity contribution in [3.8, 4) is 0 Å². The average Bonchev–Trinajstić information content (AvgIpc) is 2.91. The Morgan fingerprint density at radius 3 is 2.50 bits per heavy atom. The van der Waals surface area contributed by atoms with E-state index in [-0.39, 0.29) is 30.3 Å². The van der Waals surface area contributed by atoms with E-state index in [0.717, 1.165) is 23.2 Å². The molecule has 0 unspecified atom stereocenters. The molecule has 24 heavy (non-hydrogen) atoms. The smallest absolute Gasteiger partial charge is 0.238 e. The molecule has 0 bridgehead atoms. The summed E-state index contributed by atoms with van der Waals surface area (Å²) in [5.74, 6) is 0.269. The highest BCUT2D eigenvalue weighted by molar-refractivity contribution is 9.10. The number of amides is 1. The number of hydrogen-bond donors (Lipinski definition) is 2. The Balaban J connectivity index is 0.00000208. The Hall–Kier alpha value is -1.40. The van der Waals surface area contributed by atoms with Crippen molar-refractivity contribution in [3.05, 3.63) is 64.6 Å². The molecular formula is C18H21BrClN3O. The third-order valence-corrected chi connectivity index (χ3v) is 4.88. The molecule has 1 aliphatic heterocycles. The van der Waals surface area contributed by atoms with Crippen LogP contribution in [0.2, 0.25) is 0 Å². The first kappa shape index (κ1) is 18.9. The van der Waals surface area contributed by atoms with Crippen LogP contribution in [0.25, 0.3) is 0 Å². The van der Waals surface area contributed by atoms with Gasteiger partial charge in [-0.05, 0) is 33.6 Å². The van der Waals surface area contributed by atoms with E-state index in [1.165, 1.54) is 5.56 Å². The number of nitrogens with zero attached hydrogens (tertiary/aromatic N) is 1. The lowest BCUT2D eigenvalue weighted by molar-refractivity contribution is -0.117. The van der Waals surface area contributed by atoms with Gasteiger partial charge in [-0.1, -0.05) is 42.5 Å². The highest BCUT2D eigenvalue weighted by atomic mass is 79.9. The number of halogens is 2. The minimum Gasteiger partial charge on any atom is -0.326 e. The minimum atomic E-state index is -0.0159. The summed E-state index contributed by atoms with van der Waals surface area (Å²) in [5.41, 5.74) is 8.31. The van der Waals surface area contributed by atoms with Crippen LogP contribution in [0.4, 0.5) is 5.69 Å². The Kier molecular flexibility index (Phi) is 6.80. The van der Waals surface area contributed by atoms with E-state index < -0.39 is 0 Å². The van der Waals surface area contributed by atoms with Gasteiger partial charge < -0.3 is 11.1 Å². The maximum atomic E-state index is 12.3. The lowest BCUT2D eigenvalue weighted by Crippen LogP contribution is -2.33. The zero-order chi connectivity index (χ0) is 16.2. The number of likely N-dealkylation sites (tertiary alicyclic amines) is 1. The van der Waals surface area contributed by atoms with Crippen LogP contribution in [0.1, 0.15) is 11.5 Å². The van der Waals surface area contributed by atoms with Crippen LogP contribution in [0.3, 0.4) is 0 Å². The van der Waals surface area contributed by atoms with Crippen LogP contribution in [0.5, 0.6) is 0 Å². The van der Waals surface area contributed by atoms with Crippen molar-refractivity contribution in [2.45, 2.75) is 12.0 Å². The van der Waals surface area contributed by atoms with Crippen molar-refractivity contribution < 1.29 is 4.79 Å². The number of para-hydroxylation sites is 1. The van der Waals surface area contributed by atoms with Crippen LogP contribution in [0.15, 0.2) is 59.1 Å². The maximum absolute atomic E-state index is 12.3. The third kappa shape index (κ3) is 4.57. The molecule has 1 heterocycles. The molecule has 2 atom stereocenters. The second-order valence-corrected chi connectivity index (χ2v) is 6.76. The Bertz CT molecular complexity index is 683. The number of anilines is 1. The van der Waals surface area contributed by atoms with E-state index in [0.29, 0.717) is 6.54 Å². The number of nitrogens with one attached hydrogen (secondary N) is 1. The van der Waals surface area contributed by atoms with E-state index in [9.17, 15) is 4.79 Å². The summed E-state index contributed by atoms with van der Waals surface area (Å²) >= 11 is 3.44. The molecule has 3 rings (SSSR count). The van der Waals surface area contributed by atoms with E-state index >= 15 is 0 Å². The van der Waals surface area contributed by atoms with Gasteiger partial charge in [-0.2, -0.15) is 0 Å². The van der Waals surface area contributed by atoms with Crippen LogP contribution in [-0.2, 0) is 4.79 Å². The minimum absolute atomic E-state index is 0. The van der Waals surface area contributed by atoms with Crippen molar-refractivity contribution in [2.24, 2.45) is 5.73 Å². The normalized spacial score (nSPS) is 20.4. The molecule has 1 saturated heterocycles. The van der Waals surface area contributed by atoms with Crippen molar-refractivity contribution in [1.82, 2.24) is 4.90 Å². The van der Waals surface area contributed by atoms with Crippen molar-refractivity contribution in [2.75, 3.05) is 25.0 Å². The van der Waals surface area contributed by atoms with Crippen molar-refractivity contribution >= 4 is 39.9 Å². The number of benzene rings is 2. The molecule has 128 valence electrons. The summed E-state index contributed by atoms with van der Waals surface area (Å²) in [6.45, 7) is 1.91. The number of nitrogens with two attached hydrogens (primary N) is 1. The fourth-order valence-corrected chi connectivity index (χ4v) is 3.43. The topological polar surface area (TPSA) is 58.4 Å². The number of carbonyl (C=O) groups excluding carboxylic acids is 1. The molecule has 4 nitrogen and oxygen atoms in total. The van der Waals surface area contributed by atoms with Gasteiger partial charge >= 0.3 is 0 Å². The summed E-state index contributed by atoms with van der Waals surface area (Å²) in [7, 11) is 0. The van der Waals surface area contributed by atoms with Crippen LogP contribution >= 0.6 is 28.3 Å². The van der Waals surface area contributed by atoms with E-state index in [4.69, 9.17) is 5.73 Å². The van der Waals surface area contributed by atoms with Gasteiger partial charge in [-0.15, -0.1) is 12.4 Å². The Labute approximate surface area is 157 Å². The summed E-state index contributed by atoms with van der Waals surface area (Å²) in [5, 5.41) is 2.94. The molecule has 0 saturated carbocycles. The van der Waals surface area contributed by atoms with E-state index in [2.05, 4.69) is 38.3 Å². The lowest BCUT2D eigenvalue weighted by Gasteiger charge is -2.16. The highest BCUT2D eigenvalue weighted by Gasteiger charge is 2.31. The van der Waals surface area contributed by atoms with Gasteiger partial charge in [0, 0.05) is 29.5 Å². The van der Waals surface area contributed by atoms with Crippen molar-refractivity contribution in [3.63, 3.8) is 0 Å². The first-order valence-electron chi connectivity index (χ1n) is 7.71. The van der Waals surface area contributed by atoms with Crippen LogP contribution < -0.4 is 11.1 Å². The van der Waals surface area contributed by atoms with Crippen LogP contribution in [-0.4, -0.2) is 36.5 Å². The van der Waals surface area contributed by atoms with E-state index in [1.54, 1.807) is 0 Å². The third-order valence-electron chi connectivity index (χ3n) is 4.18. The summed E-state index contributed by atoms with van der Waals surface area (Å²) in [4.78, 5) is 14.4. The van der Waals surface area contributed by atoms with Gasteiger partial charge in [0.15, 0.2) is 0 Å². The zero-order valence-corrected chi connectivity index (χ0v) is 15.6. The average molecular weight is 411 g/mol. The molecule has 1 fully saturated rings. The fourth-order valence-electron chi connectivity index (χ4n) is 3.05. The first-order chi connectivity index (χ1) is 11.1. The van der Waals surface area contributed by atoms with Gasteiger partial charge in [-0.3, -0.25) is 9.69 Å². The van der Waals surface area contributed by atoms with Gasteiger partial charge in [0.2, 0.25) is 5.91 Å². The Morgan fingerprint density at radius 1 is 1.12 bits per heavy atom. The fraction of sp³-hybridized carbons (Fsp3) is 0.278. The number of carbonyl (C=O) groups is 1. The van der Waals surface area contributed by atoms with Gasteiger partial charge in [0.05, 0.1) is 12.2 Å². The second kappa shape index (κ2) is 8.62. The molecule has 2 aromatic rings. The SMILES string of the molecule is Cl.N[C@@H]1CN(CC(=O)Nc2ccccc2Br)C[C@H]1c1ccccc1. The van der Waals surface area contributed by atoms with Crippen LogP contribution in [0, 0.1) is 0 Å². The molecule has 0 radical (unpaired) electrons. The number of hydrogen-bond acceptors (Lipinski definition) is 3. The van der Waals surface area contributed by atoms with Crippen molar-refractivity contribution in [1.29, 1.82) is 0 Å². The monoisotopic (exact) mass is 409 g/mol. The largest absolute Gasteiger partial charge is 0.326 e. The molecule has 1 aliphatic rings. The highest BCUT2D eigenvalue weighted by Crippen LogP contribution is 2.26.